The van der Waals surface area contributed by atoms with Gasteiger partial charge in [-0.3, -0.25) is 5.32 Å². The maximum Gasteiger partial charge on any atom is 0.412 e. The molecule has 43 heavy (non-hydrogen) atoms. The van der Waals surface area contributed by atoms with Crippen molar-refractivity contribution in [2.45, 2.75) is 76.4 Å². The van der Waals surface area contributed by atoms with Crippen molar-refractivity contribution in [1.82, 2.24) is 9.80 Å². The summed E-state index contributed by atoms with van der Waals surface area (Å²) in [4.78, 5) is 17.7. The lowest BCUT2D eigenvalue weighted by atomic mass is 9.93. The molecule has 6 heteroatoms. The van der Waals surface area contributed by atoms with Gasteiger partial charge in [0.05, 0.1) is 11.8 Å². The zero-order valence-corrected chi connectivity index (χ0v) is 26.2. The van der Waals surface area contributed by atoms with E-state index in [1.165, 1.54) is 38.5 Å². The first-order chi connectivity index (χ1) is 20.9. The molecule has 1 saturated heterocycles. The molecule has 1 aliphatic rings. The smallest absolute Gasteiger partial charge is 0.412 e. The van der Waals surface area contributed by atoms with Crippen LogP contribution < -0.4 is 5.32 Å². The highest BCUT2D eigenvalue weighted by molar-refractivity contribution is 5.91. The minimum absolute atomic E-state index is 0.377. The van der Waals surface area contributed by atoms with E-state index in [0.29, 0.717) is 0 Å². The average molecular weight is 586 g/mol. The molecule has 1 aliphatic heterocycles. The van der Waals surface area contributed by atoms with Gasteiger partial charge >= 0.3 is 6.09 Å². The van der Waals surface area contributed by atoms with E-state index in [-0.39, 0.29) is 12.2 Å². The van der Waals surface area contributed by atoms with E-state index in [4.69, 9.17) is 4.74 Å². The summed E-state index contributed by atoms with van der Waals surface area (Å²) in [6.45, 7) is 7.14. The number of unbranched alkanes of at least 4 members (excludes halogenated alkanes) is 5. The van der Waals surface area contributed by atoms with Crippen molar-refractivity contribution in [1.29, 1.82) is 0 Å². The van der Waals surface area contributed by atoms with Gasteiger partial charge in [0.1, 0.15) is 5.60 Å². The van der Waals surface area contributed by atoms with Crippen molar-refractivity contribution in [3.8, 4) is 11.1 Å². The quantitative estimate of drug-likeness (QED) is 0.166. The SMILES string of the molecule is CN(CCCCCCCCN1CCC(C)(OC(=O)Nc2ccccc2-c2ccccc2)CC1)CCC(O)c1ccccc1. The van der Waals surface area contributed by atoms with Gasteiger partial charge in [-0.25, -0.2) is 4.79 Å². The minimum Gasteiger partial charge on any atom is -0.443 e. The Morgan fingerprint density at radius 3 is 2.19 bits per heavy atom. The maximum atomic E-state index is 12.9. The summed E-state index contributed by atoms with van der Waals surface area (Å²) in [5.74, 6) is 0. The summed E-state index contributed by atoms with van der Waals surface area (Å²) in [6.07, 6.45) is 9.29. The van der Waals surface area contributed by atoms with Gasteiger partial charge < -0.3 is 19.6 Å². The van der Waals surface area contributed by atoms with E-state index in [9.17, 15) is 9.90 Å². The lowest BCUT2D eigenvalue weighted by Crippen LogP contribution is -2.46. The molecule has 232 valence electrons. The molecule has 6 nitrogen and oxygen atoms in total. The Morgan fingerprint density at radius 2 is 1.47 bits per heavy atom. The van der Waals surface area contributed by atoms with E-state index in [2.05, 4.69) is 29.1 Å². The highest BCUT2D eigenvalue weighted by Gasteiger charge is 2.33. The van der Waals surface area contributed by atoms with Crippen LogP contribution in [0.1, 0.15) is 76.4 Å². The molecule has 0 aromatic heterocycles. The molecule has 3 aromatic carbocycles. The average Bonchev–Trinajstić information content (AvgIpc) is 3.03. The van der Waals surface area contributed by atoms with Gasteiger partial charge in [0.25, 0.3) is 0 Å². The van der Waals surface area contributed by atoms with Crippen LogP contribution in [0.25, 0.3) is 11.1 Å². The van der Waals surface area contributed by atoms with Crippen LogP contribution in [0, 0.1) is 0 Å². The number of carbonyl (C=O) groups is 1. The Bertz CT molecular complexity index is 1210. The fourth-order valence-electron chi connectivity index (χ4n) is 5.89. The van der Waals surface area contributed by atoms with Crippen molar-refractivity contribution in [3.63, 3.8) is 0 Å². The van der Waals surface area contributed by atoms with Crippen molar-refractivity contribution in [2.24, 2.45) is 0 Å². The van der Waals surface area contributed by atoms with Gasteiger partial charge in [0.2, 0.25) is 0 Å². The number of likely N-dealkylation sites (tertiary alicyclic amines) is 1. The maximum absolute atomic E-state index is 12.9. The molecular weight excluding hydrogens is 534 g/mol. The van der Waals surface area contributed by atoms with E-state index in [1.54, 1.807) is 0 Å². The van der Waals surface area contributed by atoms with Gasteiger partial charge in [-0.15, -0.1) is 0 Å². The van der Waals surface area contributed by atoms with Gasteiger partial charge in [0.15, 0.2) is 0 Å². The number of amides is 1. The summed E-state index contributed by atoms with van der Waals surface area (Å²) >= 11 is 0. The third kappa shape index (κ3) is 11.1. The predicted octanol–water partition coefficient (Wildman–Crippen LogP) is 8.15. The number of benzene rings is 3. The first kappa shape index (κ1) is 32.7. The van der Waals surface area contributed by atoms with Crippen LogP contribution in [0.4, 0.5) is 10.5 Å². The van der Waals surface area contributed by atoms with Gasteiger partial charge in [0, 0.05) is 25.2 Å². The highest BCUT2D eigenvalue weighted by Crippen LogP contribution is 2.30. The second-order valence-corrected chi connectivity index (χ2v) is 12.4. The number of nitrogens with one attached hydrogen (secondary N) is 1. The number of piperidine rings is 1. The molecule has 3 aromatic rings. The lowest BCUT2D eigenvalue weighted by molar-refractivity contribution is -0.0163. The first-order valence-electron chi connectivity index (χ1n) is 16.2. The van der Waals surface area contributed by atoms with Crippen molar-refractivity contribution in [2.75, 3.05) is 45.1 Å². The molecule has 1 heterocycles. The molecular formula is C37H51N3O3. The number of anilines is 1. The van der Waals surface area contributed by atoms with Crippen LogP contribution in [0.2, 0.25) is 0 Å². The number of para-hydroxylation sites is 1. The van der Waals surface area contributed by atoms with Crippen LogP contribution >= 0.6 is 0 Å². The Balaban J connectivity index is 1.03. The summed E-state index contributed by atoms with van der Waals surface area (Å²) in [6, 6.07) is 27.9. The third-order valence-corrected chi connectivity index (χ3v) is 8.73. The zero-order valence-electron chi connectivity index (χ0n) is 26.2. The lowest BCUT2D eigenvalue weighted by Gasteiger charge is -2.38. The number of hydrogen-bond donors (Lipinski definition) is 2. The molecule has 4 rings (SSSR count). The Hall–Kier alpha value is -3.19. The Labute approximate surface area is 259 Å². The summed E-state index contributed by atoms with van der Waals surface area (Å²) in [7, 11) is 2.16. The molecule has 0 radical (unpaired) electrons. The Kier molecular flexibility index (Phi) is 13.1. The molecule has 1 atom stereocenters. The summed E-state index contributed by atoms with van der Waals surface area (Å²) in [5.41, 5.74) is 3.40. The van der Waals surface area contributed by atoms with Crippen LogP contribution in [-0.4, -0.2) is 66.4 Å². The number of carbonyl (C=O) groups excluding carboxylic acids is 1. The zero-order chi connectivity index (χ0) is 30.3. The molecule has 2 N–H and O–H groups in total. The van der Waals surface area contributed by atoms with Crippen molar-refractivity contribution in [3.05, 3.63) is 90.5 Å². The minimum atomic E-state index is -0.435. The molecule has 1 amide bonds. The number of aliphatic hydroxyl groups is 1. The van der Waals surface area contributed by atoms with Crippen LogP contribution in [0.15, 0.2) is 84.9 Å². The molecule has 1 unspecified atom stereocenters. The largest absolute Gasteiger partial charge is 0.443 e. The molecule has 1 fully saturated rings. The fraction of sp³-hybridized carbons (Fsp3) is 0.486. The monoisotopic (exact) mass is 585 g/mol. The van der Waals surface area contributed by atoms with E-state index in [0.717, 1.165) is 74.4 Å². The highest BCUT2D eigenvalue weighted by atomic mass is 16.6. The fourth-order valence-corrected chi connectivity index (χ4v) is 5.89. The summed E-state index contributed by atoms with van der Waals surface area (Å²) < 4.78 is 5.97. The molecule has 0 spiro atoms. The Morgan fingerprint density at radius 1 is 0.860 bits per heavy atom. The number of nitrogens with zero attached hydrogens (tertiary/aromatic N) is 2. The van der Waals surface area contributed by atoms with Crippen LogP contribution in [-0.2, 0) is 4.74 Å². The van der Waals surface area contributed by atoms with Crippen LogP contribution in [0.3, 0.4) is 0 Å². The first-order valence-corrected chi connectivity index (χ1v) is 16.2. The van der Waals surface area contributed by atoms with Crippen molar-refractivity contribution < 1.29 is 14.6 Å². The predicted molar refractivity (Wildman–Crippen MR) is 177 cm³/mol. The molecule has 0 bridgehead atoms. The van der Waals surface area contributed by atoms with Gasteiger partial charge in [-0.2, -0.15) is 0 Å². The number of rotatable bonds is 16. The van der Waals surface area contributed by atoms with Crippen molar-refractivity contribution >= 4 is 11.8 Å². The van der Waals surface area contributed by atoms with E-state index in [1.807, 2.05) is 84.9 Å². The number of hydrogen-bond acceptors (Lipinski definition) is 5. The van der Waals surface area contributed by atoms with Gasteiger partial charge in [-0.05, 0) is 76.4 Å². The molecule has 0 saturated carbocycles. The topological polar surface area (TPSA) is 65.0 Å². The number of ether oxygens (including phenoxy) is 1. The van der Waals surface area contributed by atoms with E-state index >= 15 is 0 Å². The standard InChI is InChI=1S/C37H51N3O3/c1-37(43-36(42)38-34-22-14-13-21-33(34)31-17-9-7-10-18-31)24-29-40(30-25-37)27-16-6-4-3-5-15-26-39(2)28-23-35(41)32-19-11-8-12-20-32/h7-14,17-22,35,41H,3-6,15-16,23-30H2,1-2H3,(H,38,42). The van der Waals surface area contributed by atoms with Crippen LogP contribution in [0.5, 0.6) is 0 Å². The third-order valence-electron chi connectivity index (χ3n) is 8.73. The van der Waals surface area contributed by atoms with Gasteiger partial charge in [-0.1, -0.05) is 105 Å². The normalized spacial score (nSPS) is 15.7. The second-order valence-electron chi connectivity index (χ2n) is 12.4. The summed E-state index contributed by atoms with van der Waals surface area (Å²) in [5, 5.41) is 13.3. The van der Waals surface area contributed by atoms with E-state index < -0.39 is 5.60 Å². The molecule has 0 aliphatic carbocycles. The second kappa shape index (κ2) is 17.2. The number of aliphatic hydroxyl groups excluding tert-OH is 1.